The summed E-state index contributed by atoms with van der Waals surface area (Å²) in [6.45, 7) is -0.366. The largest absolute Gasteiger partial charge is 0.480 e. The van der Waals surface area contributed by atoms with Crippen LogP contribution in [0, 0.1) is 0 Å². The van der Waals surface area contributed by atoms with E-state index in [0.29, 0.717) is 0 Å². The number of hydrogen-bond donors (Lipinski definition) is 2. The third kappa shape index (κ3) is 2.59. The Morgan fingerprint density at radius 2 is 2.29 bits per heavy atom. The molecule has 0 aromatic rings. The molecular weight excluding hydrogens is 164 g/mol. The Bertz CT molecular complexity index is 72.6. The SMILES string of the molecule is O=C(O)[C@@H](Br)CO. The summed E-state index contributed by atoms with van der Waals surface area (Å²) in [6.07, 6.45) is 0. The molecule has 4 heteroatoms. The van der Waals surface area contributed by atoms with E-state index in [1.54, 1.807) is 0 Å². The highest BCUT2D eigenvalue weighted by Gasteiger charge is 2.08. The van der Waals surface area contributed by atoms with Crippen LogP contribution in [0.1, 0.15) is 0 Å². The summed E-state index contributed by atoms with van der Waals surface area (Å²) in [5.74, 6) is -1.04. The Morgan fingerprint density at radius 1 is 1.86 bits per heavy atom. The summed E-state index contributed by atoms with van der Waals surface area (Å²) in [5.41, 5.74) is 0. The lowest BCUT2D eigenvalue weighted by molar-refractivity contribution is -0.136. The number of aliphatic carboxylic acids is 1. The van der Waals surface area contributed by atoms with Crippen LogP contribution in [-0.4, -0.2) is 27.6 Å². The number of carboxylic acids is 1. The Labute approximate surface area is 49.1 Å². The zero-order chi connectivity index (χ0) is 5.86. The fraction of sp³-hybridized carbons (Fsp3) is 0.667. The van der Waals surface area contributed by atoms with E-state index in [4.69, 9.17) is 10.2 Å². The smallest absolute Gasteiger partial charge is 0.319 e. The first kappa shape index (κ1) is 6.91. The number of carboxylic acid groups (broad SMARTS) is 1. The van der Waals surface area contributed by atoms with Gasteiger partial charge >= 0.3 is 5.97 Å². The van der Waals surface area contributed by atoms with Crippen molar-refractivity contribution in [2.45, 2.75) is 4.83 Å². The van der Waals surface area contributed by atoms with Crippen LogP contribution in [0.3, 0.4) is 0 Å². The average molecular weight is 169 g/mol. The maximum atomic E-state index is 9.72. The summed E-state index contributed by atoms with van der Waals surface area (Å²) in [7, 11) is 0. The average Bonchev–Trinajstić information content (AvgIpc) is 1.65. The summed E-state index contributed by atoms with van der Waals surface area (Å²) >= 11 is 2.69. The van der Waals surface area contributed by atoms with E-state index in [2.05, 4.69) is 15.9 Å². The minimum atomic E-state index is -1.04. The molecule has 1 atom stereocenters. The molecule has 0 spiro atoms. The fourth-order valence-electron chi connectivity index (χ4n) is 0.0781. The minimum Gasteiger partial charge on any atom is -0.480 e. The van der Waals surface area contributed by atoms with Crippen LogP contribution in [0.4, 0.5) is 0 Å². The molecule has 0 aliphatic rings. The number of aliphatic hydroxyl groups is 1. The van der Waals surface area contributed by atoms with Crippen LogP contribution in [-0.2, 0) is 4.79 Å². The van der Waals surface area contributed by atoms with Gasteiger partial charge in [0.05, 0.1) is 6.61 Å². The molecule has 42 valence electrons. The highest BCUT2D eigenvalue weighted by Crippen LogP contribution is 1.95. The zero-order valence-corrected chi connectivity index (χ0v) is 5.05. The molecule has 0 unspecified atom stereocenters. The predicted octanol–water partition coefficient (Wildman–Crippen LogP) is -0.173. The first-order valence-electron chi connectivity index (χ1n) is 1.66. The van der Waals surface area contributed by atoms with Crippen molar-refractivity contribution in [2.75, 3.05) is 6.61 Å². The van der Waals surface area contributed by atoms with Crippen LogP contribution < -0.4 is 0 Å². The van der Waals surface area contributed by atoms with Crippen LogP contribution in [0.15, 0.2) is 0 Å². The third-order valence-corrected chi connectivity index (χ3v) is 1.11. The van der Waals surface area contributed by atoms with Gasteiger partial charge in [-0.3, -0.25) is 4.79 Å². The second-order valence-corrected chi connectivity index (χ2v) is 2.09. The van der Waals surface area contributed by atoms with Crippen molar-refractivity contribution < 1.29 is 15.0 Å². The number of alkyl halides is 1. The number of hydrogen-bond acceptors (Lipinski definition) is 2. The van der Waals surface area contributed by atoms with Gasteiger partial charge in [0, 0.05) is 0 Å². The van der Waals surface area contributed by atoms with Gasteiger partial charge < -0.3 is 10.2 Å². The summed E-state index contributed by atoms with van der Waals surface area (Å²) in [5, 5.41) is 16.1. The summed E-state index contributed by atoms with van der Waals surface area (Å²) < 4.78 is 0. The molecule has 3 nitrogen and oxygen atoms in total. The molecule has 0 amide bonds. The van der Waals surface area contributed by atoms with Crippen molar-refractivity contribution in [1.82, 2.24) is 0 Å². The summed E-state index contributed by atoms with van der Waals surface area (Å²) in [6, 6.07) is 0. The molecule has 0 aliphatic heterocycles. The van der Waals surface area contributed by atoms with Crippen molar-refractivity contribution in [2.24, 2.45) is 0 Å². The first-order chi connectivity index (χ1) is 3.18. The van der Waals surface area contributed by atoms with Crippen molar-refractivity contribution >= 4 is 21.9 Å². The number of aliphatic hydroxyl groups excluding tert-OH is 1. The van der Waals surface area contributed by atoms with Crippen molar-refractivity contribution in [3.05, 3.63) is 0 Å². The van der Waals surface area contributed by atoms with E-state index in [1.807, 2.05) is 0 Å². The maximum Gasteiger partial charge on any atom is 0.319 e. The number of carbonyl (C=O) groups is 1. The number of rotatable bonds is 2. The van der Waals surface area contributed by atoms with Crippen molar-refractivity contribution in [3.63, 3.8) is 0 Å². The Kier molecular flexibility index (Phi) is 2.95. The molecule has 0 saturated carbocycles. The van der Waals surface area contributed by atoms with Gasteiger partial charge in [0.25, 0.3) is 0 Å². The van der Waals surface area contributed by atoms with E-state index in [-0.39, 0.29) is 6.61 Å². The van der Waals surface area contributed by atoms with Crippen LogP contribution >= 0.6 is 15.9 Å². The molecule has 0 heterocycles. The van der Waals surface area contributed by atoms with Crippen LogP contribution in [0.25, 0.3) is 0 Å². The molecule has 0 fully saturated rings. The van der Waals surface area contributed by atoms with Gasteiger partial charge in [-0.15, -0.1) is 0 Å². The fourth-order valence-corrected chi connectivity index (χ4v) is 0.0781. The van der Waals surface area contributed by atoms with Gasteiger partial charge in [-0.2, -0.15) is 0 Å². The second kappa shape index (κ2) is 2.98. The van der Waals surface area contributed by atoms with E-state index < -0.39 is 10.8 Å². The van der Waals surface area contributed by atoms with Crippen molar-refractivity contribution in [3.8, 4) is 0 Å². The maximum absolute atomic E-state index is 9.72. The molecule has 0 radical (unpaired) electrons. The standard InChI is InChI=1S/C3H5BrO3/c4-2(1-5)3(6)7/h2,5H,1H2,(H,6,7)/t2-/m0/s1. The van der Waals surface area contributed by atoms with Crippen molar-refractivity contribution in [1.29, 1.82) is 0 Å². The van der Waals surface area contributed by atoms with Gasteiger partial charge in [0.15, 0.2) is 0 Å². The van der Waals surface area contributed by atoms with E-state index in [1.165, 1.54) is 0 Å². The molecule has 0 saturated heterocycles. The Hall–Kier alpha value is -0.0900. The molecule has 0 aromatic carbocycles. The Morgan fingerprint density at radius 3 is 2.29 bits per heavy atom. The van der Waals surface area contributed by atoms with E-state index in [9.17, 15) is 4.79 Å². The summed E-state index contributed by atoms with van der Waals surface area (Å²) in [4.78, 5) is 8.91. The van der Waals surface area contributed by atoms with Gasteiger partial charge in [-0.05, 0) is 0 Å². The minimum absolute atomic E-state index is 0.366. The van der Waals surface area contributed by atoms with Gasteiger partial charge in [-0.25, -0.2) is 0 Å². The van der Waals surface area contributed by atoms with Gasteiger partial charge in [0.1, 0.15) is 4.83 Å². The molecule has 0 aromatic heterocycles. The molecule has 0 rings (SSSR count). The molecule has 7 heavy (non-hydrogen) atoms. The van der Waals surface area contributed by atoms with Crippen LogP contribution in [0.5, 0.6) is 0 Å². The number of halogens is 1. The lowest BCUT2D eigenvalue weighted by atomic mass is 10.5. The van der Waals surface area contributed by atoms with E-state index in [0.717, 1.165) is 0 Å². The third-order valence-electron chi connectivity index (χ3n) is 0.428. The molecule has 2 N–H and O–H groups in total. The normalized spacial score (nSPS) is 13.4. The monoisotopic (exact) mass is 168 g/mol. The predicted molar refractivity (Wildman–Crippen MR) is 27.4 cm³/mol. The van der Waals surface area contributed by atoms with E-state index >= 15 is 0 Å². The molecule has 0 aliphatic carbocycles. The highest BCUT2D eigenvalue weighted by molar-refractivity contribution is 9.10. The lowest BCUT2D eigenvalue weighted by Gasteiger charge is -1.93. The quantitative estimate of drug-likeness (QED) is 0.564. The van der Waals surface area contributed by atoms with Gasteiger partial charge in [0.2, 0.25) is 0 Å². The molecular formula is C3H5BrO3. The zero-order valence-electron chi connectivity index (χ0n) is 3.47. The Balaban J connectivity index is 3.34. The highest BCUT2D eigenvalue weighted by atomic mass is 79.9. The first-order valence-corrected chi connectivity index (χ1v) is 2.57. The lowest BCUT2D eigenvalue weighted by Crippen LogP contribution is -2.16. The topological polar surface area (TPSA) is 57.5 Å². The second-order valence-electron chi connectivity index (χ2n) is 0.988. The van der Waals surface area contributed by atoms with Crippen LogP contribution in [0.2, 0.25) is 0 Å². The van der Waals surface area contributed by atoms with Gasteiger partial charge in [-0.1, -0.05) is 15.9 Å². The molecule has 0 bridgehead atoms.